The highest BCUT2D eigenvalue weighted by Gasteiger charge is 2.43. The van der Waals surface area contributed by atoms with Crippen LogP contribution in [0.25, 0.3) is 0 Å². The summed E-state index contributed by atoms with van der Waals surface area (Å²) in [6.07, 6.45) is -7.32. The molecule has 0 heterocycles. The quantitative estimate of drug-likeness (QED) is 0.849. The summed E-state index contributed by atoms with van der Waals surface area (Å²) >= 11 is 6.21. The number of halogens is 5. The van der Waals surface area contributed by atoms with Crippen LogP contribution in [0.5, 0.6) is 0 Å². The van der Waals surface area contributed by atoms with E-state index in [1.165, 1.54) is 6.07 Å². The summed E-state index contributed by atoms with van der Waals surface area (Å²) in [7, 11) is 0. The van der Waals surface area contributed by atoms with E-state index in [4.69, 9.17) is 10.8 Å². The van der Waals surface area contributed by atoms with Crippen molar-refractivity contribution in [2.45, 2.75) is 18.3 Å². The van der Waals surface area contributed by atoms with Gasteiger partial charge in [0.25, 0.3) is 0 Å². The lowest BCUT2D eigenvalue weighted by molar-refractivity contribution is -0.210. The van der Waals surface area contributed by atoms with Crippen LogP contribution in [0.1, 0.15) is 11.6 Å². The van der Waals surface area contributed by atoms with E-state index in [0.29, 0.717) is 8.95 Å². The number of aliphatic hydroxyl groups is 1. The smallest absolute Gasteiger partial charge is 0.382 e. The molecule has 1 rings (SSSR count). The van der Waals surface area contributed by atoms with Crippen molar-refractivity contribution in [1.29, 1.82) is 0 Å². The summed E-state index contributed by atoms with van der Waals surface area (Å²) in [6.45, 7) is 0. The molecule has 0 saturated heterocycles. The van der Waals surface area contributed by atoms with Crippen LogP contribution in [0.2, 0.25) is 0 Å². The van der Waals surface area contributed by atoms with Gasteiger partial charge in [0.05, 0.1) is 6.04 Å². The fraction of sp³-hybridized carbons (Fsp3) is 0.333. The molecule has 2 atom stereocenters. The van der Waals surface area contributed by atoms with Gasteiger partial charge in [0.1, 0.15) is 0 Å². The Labute approximate surface area is 107 Å². The van der Waals surface area contributed by atoms with Gasteiger partial charge in [0, 0.05) is 8.95 Å². The SMILES string of the molecule is N[C@H](c1cc(Br)ccc1Br)[C@@H](O)C(F)(F)F. The van der Waals surface area contributed by atoms with E-state index >= 15 is 0 Å². The van der Waals surface area contributed by atoms with Crippen LogP contribution in [-0.2, 0) is 0 Å². The van der Waals surface area contributed by atoms with Gasteiger partial charge >= 0.3 is 6.18 Å². The average molecular weight is 363 g/mol. The maximum atomic E-state index is 12.3. The molecule has 7 heteroatoms. The summed E-state index contributed by atoms with van der Waals surface area (Å²) in [5.41, 5.74) is 5.57. The highest BCUT2D eigenvalue weighted by atomic mass is 79.9. The molecule has 3 N–H and O–H groups in total. The fourth-order valence-corrected chi connectivity index (χ4v) is 2.03. The molecule has 0 amide bonds. The number of nitrogens with two attached hydrogens (primary N) is 1. The molecule has 0 bridgehead atoms. The number of aliphatic hydroxyl groups excluding tert-OH is 1. The minimum absolute atomic E-state index is 0.194. The van der Waals surface area contributed by atoms with Crippen molar-refractivity contribution in [2.24, 2.45) is 5.73 Å². The first-order valence-electron chi connectivity index (χ1n) is 4.19. The van der Waals surface area contributed by atoms with Gasteiger partial charge in [-0.1, -0.05) is 31.9 Å². The van der Waals surface area contributed by atoms with Crippen molar-refractivity contribution in [1.82, 2.24) is 0 Å². The Kier molecular flexibility index (Phi) is 4.39. The number of hydrogen-bond donors (Lipinski definition) is 2. The summed E-state index contributed by atoms with van der Waals surface area (Å²) in [5, 5.41) is 9.04. The van der Waals surface area contributed by atoms with E-state index in [2.05, 4.69) is 31.9 Å². The van der Waals surface area contributed by atoms with E-state index in [9.17, 15) is 13.2 Å². The van der Waals surface area contributed by atoms with Crippen LogP contribution in [0.3, 0.4) is 0 Å². The van der Waals surface area contributed by atoms with Crippen LogP contribution >= 0.6 is 31.9 Å². The number of benzene rings is 1. The Hall–Kier alpha value is -0.110. The molecule has 0 unspecified atom stereocenters. The minimum atomic E-state index is -4.73. The third-order valence-electron chi connectivity index (χ3n) is 1.99. The fourth-order valence-electron chi connectivity index (χ4n) is 1.14. The van der Waals surface area contributed by atoms with Gasteiger partial charge in [0.2, 0.25) is 0 Å². The predicted octanol–water partition coefficient (Wildman–Crippen LogP) is 3.13. The van der Waals surface area contributed by atoms with E-state index in [-0.39, 0.29) is 5.56 Å². The first kappa shape index (κ1) is 14.0. The van der Waals surface area contributed by atoms with Crippen LogP contribution in [0.15, 0.2) is 27.1 Å². The van der Waals surface area contributed by atoms with Gasteiger partial charge in [-0.15, -0.1) is 0 Å². The van der Waals surface area contributed by atoms with Crippen molar-refractivity contribution in [2.75, 3.05) is 0 Å². The van der Waals surface area contributed by atoms with Crippen molar-refractivity contribution in [3.63, 3.8) is 0 Å². The highest BCUT2D eigenvalue weighted by molar-refractivity contribution is 9.11. The lowest BCUT2D eigenvalue weighted by Crippen LogP contribution is -2.39. The molecule has 0 saturated carbocycles. The third kappa shape index (κ3) is 3.19. The molecule has 2 nitrogen and oxygen atoms in total. The zero-order valence-electron chi connectivity index (χ0n) is 7.80. The van der Waals surface area contributed by atoms with Crippen LogP contribution in [-0.4, -0.2) is 17.4 Å². The van der Waals surface area contributed by atoms with E-state index in [0.717, 1.165) is 0 Å². The Morgan fingerprint density at radius 2 is 1.81 bits per heavy atom. The summed E-state index contributed by atoms with van der Waals surface area (Å²) < 4.78 is 37.8. The van der Waals surface area contributed by atoms with Gasteiger partial charge in [-0.2, -0.15) is 13.2 Å². The van der Waals surface area contributed by atoms with Gasteiger partial charge in [0.15, 0.2) is 6.10 Å². The second-order valence-electron chi connectivity index (χ2n) is 3.18. The molecule has 0 radical (unpaired) electrons. The lowest BCUT2D eigenvalue weighted by atomic mass is 10.0. The van der Waals surface area contributed by atoms with E-state index < -0.39 is 18.3 Å². The molecule has 1 aromatic carbocycles. The maximum Gasteiger partial charge on any atom is 0.416 e. The zero-order chi connectivity index (χ0) is 12.5. The lowest BCUT2D eigenvalue weighted by Gasteiger charge is -2.22. The summed E-state index contributed by atoms with van der Waals surface area (Å²) in [5.74, 6) is 0. The predicted molar refractivity (Wildman–Crippen MR) is 60.8 cm³/mol. The second-order valence-corrected chi connectivity index (χ2v) is 4.95. The van der Waals surface area contributed by atoms with Crippen molar-refractivity contribution in [3.05, 3.63) is 32.7 Å². The maximum absolute atomic E-state index is 12.3. The molecular formula is C9H8Br2F3NO. The molecule has 0 aliphatic rings. The second kappa shape index (κ2) is 5.03. The van der Waals surface area contributed by atoms with Crippen LogP contribution in [0.4, 0.5) is 13.2 Å². The Balaban J connectivity index is 3.05. The van der Waals surface area contributed by atoms with Crippen LogP contribution < -0.4 is 5.73 Å². The Bertz CT molecular complexity index is 384. The number of alkyl halides is 3. The van der Waals surface area contributed by atoms with Crippen molar-refractivity contribution < 1.29 is 18.3 Å². The average Bonchev–Trinajstić information content (AvgIpc) is 2.18. The van der Waals surface area contributed by atoms with Gasteiger partial charge in [-0.25, -0.2) is 0 Å². The van der Waals surface area contributed by atoms with E-state index in [1.807, 2.05) is 0 Å². The third-order valence-corrected chi connectivity index (χ3v) is 3.21. The standard InChI is InChI=1S/C9H8Br2F3NO/c10-4-1-2-6(11)5(3-4)7(15)8(16)9(12,13)14/h1-3,7-8,16H,15H2/t7-,8-/m1/s1. The molecule has 16 heavy (non-hydrogen) atoms. The molecule has 0 aliphatic heterocycles. The number of rotatable bonds is 2. The highest BCUT2D eigenvalue weighted by Crippen LogP contribution is 2.33. The van der Waals surface area contributed by atoms with Crippen LogP contribution in [0, 0.1) is 0 Å². The molecule has 0 fully saturated rings. The topological polar surface area (TPSA) is 46.2 Å². The molecule has 90 valence electrons. The van der Waals surface area contributed by atoms with Gasteiger partial charge < -0.3 is 10.8 Å². The summed E-state index contributed by atoms with van der Waals surface area (Å²) in [6, 6.07) is 3.12. The largest absolute Gasteiger partial charge is 0.416 e. The first-order chi connectivity index (χ1) is 7.23. The Morgan fingerprint density at radius 1 is 1.25 bits per heavy atom. The van der Waals surface area contributed by atoms with E-state index in [1.54, 1.807) is 12.1 Å². The molecule has 0 aliphatic carbocycles. The zero-order valence-corrected chi connectivity index (χ0v) is 11.0. The molecular weight excluding hydrogens is 355 g/mol. The van der Waals surface area contributed by atoms with Gasteiger partial charge in [-0.05, 0) is 23.8 Å². The van der Waals surface area contributed by atoms with Gasteiger partial charge in [-0.3, -0.25) is 0 Å². The molecule has 0 spiro atoms. The van der Waals surface area contributed by atoms with Crippen molar-refractivity contribution in [3.8, 4) is 0 Å². The normalized spacial score (nSPS) is 15.9. The monoisotopic (exact) mass is 361 g/mol. The Morgan fingerprint density at radius 3 is 2.31 bits per heavy atom. The summed E-state index contributed by atoms with van der Waals surface area (Å²) in [4.78, 5) is 0. The molecule has 0 aromatic heterocycles. The first-order valence-corrected chi connectivity index (χ1v) is 5.77. The van der Waals surface area contributed by atoms with Crippen molar-refractivity contribution >= 4 is 31.9 Å². The minimum Gasteiger partial charge on any atom is -0.382 e. The number of hydrogen-bond acceptors (Lipinski definition) is 2. The molecule has 1 aromatic rings.